The number of pyridine rings is 3. The van der Waals surface area contributed by atoms with E-state index in [4.69, 9.17) is 14.5 Å². The van der Waals surface area contributed by atoms with Gasteiger partial charge in [-0.05, 0) is 44.0 Å². The zero-order valence-electron chi connectivity index (χ0n) is 21.3. The summed E-state index contributed by atoms with van der Waals surface area (Å²) in [7, 11) is 1.64. The molecule has 2 unspecified atom stereocenters. The van der Waals surface area contributed by atoms with Crippen molar-refractivity contribution >= 4 is 11.5 Å². The van der Waals surface area contributed by atoms with Crippen molar-refractivity contribution in [1.82, 2.24) is 29.5 Å². The lowest BCUT2D eigenvalue weighted by molar-refractivity contribution is -0.00876. The summed E-state index contributed by atoms with van der Waals surface area (Å²) in [5, 5.41) is 14.3. The van der Waals surface area contributed by atoms with Gasteiger partial charge in [0.2, 0.25) is 5.88 Å². The van der Waals surface area contributed by atoms with Gasteiger partial charge in [-0.2, -0.15) is 5.10 Å². The second kappa shape index (κ2) is 9.28. The lowest BCUT2D eigenvalue weighted by Gasteiger charge is -2.56. The Labute approximate surface area is 215 Å². The highest BCUT2D eigenvalue weighted by Crippen LogP contribution is 2.36. The molecule has 4 aromatic heterocycles. The number of hydrogen-bond acceptors (Lipinski definition) is 9. The number of anilines is 1. The molecule has 0 radical (unpaired) electrons. The largest absolute Gasteiger partial charge is 0.489 e. The third kappa shape index (κ3) is 4.82. The summed E-state index contributed by atoms with van der Waals surface area (Å²) in [4.78, 5) is 18.5. The van der Waals surface area contributed by atoms with Crippen molar-refractivity contribution in [2.45, 2.75) is 44.5 Å². The van der Waals surface area contributed by atoms with Crippen LogP contribution in [-0.4, -0.2) is 79.1 Å². The van der Waals surface area contributed by atoms with Crippen molar-refractivity contribution in [3.63, 3.8) is 0 Å². The van der Waals surface area contributed by atoms with Gasteiger partial charge in [0.25, 0.3) is 0 Å². The maximum atomic E-state index is 10.0. The molecule has 37 heavy (non-hydrogen) atoms. The Morgan fingerprint density at radius 2 is 1.89 bits per heavy atom. The molecule has 10 nitrogen and oxygen atoms in total. The lowest BCUT2D eigenvalue weighted by Crippen LogP contribution is -2.68. The maximum Gasteiger partial charge on any atom is 0.212 e. The Balaban J connectivity index is 1.15. The first-order valence-electron chi connectivity index (χ1n) is 12.5. The van der Waals surface area contributed by atoms with Gasteiger partial charge in [0, 0.05) is 61.3 Å². The van der Waals surface area contributed by atoms with E-state index in [1.807, 2.05) is 24.5 Å². The summed E-state index contributed by atoms with van der Waals surface area (Å²) in [6, 6.07) is 11.1. The van der Waals surface area contributed by atoms with Crippen LogP contribution in [0.15, 0.2) is 55.2 Å². The molecule has 7 heterocycles. The molecule has 4 aromatic rings. The molecule has 10 heteroatoms. The molecule has 3 fully saturated rings. The fraction of sp³-hybridized carbons (Fsp3) is 0.407. The van der Waals surface area contributed by atoms with E-state index in [1.165, 1.54) is 18.3 Å². The number of aromatic nitrogens is 5. The molecule has 0 spiro atoms. The summed E-state index contributed by atoms with van der Waals surface area (Å²) in [6.07, 6.45) is 8.31. The molecule has 192 valence electrons. The van der Waals surface area contributed by atoms with Crippen molar-refractivity contribution in [3.05, 3.63) is 60.8 Å². The van der Waals surface area contributed by atoms with Crippen LogP contribution in [0.5, 0.6) is 11.6 Å². The number of rotatable bonds is 8. The summed E-state index contributed by atoms with van der Waals surface area (Å²) < 4.78 is 12.7. The van der Waals surface area contributed by atoms with Crippen LogP contribution in [0, 0.1) is 0 Å². The van der Waals surface area contributed by atoms with E-state index in [0.717, 1.165) is 42.2 Å². The first kappa shape index (κ1) is 23.6. The van der Waals surface area contributed by atoms with E-state index in [9.17, 15) is 5.11 Å². The number of hydrogen-bond donors (Lipinski definition) is 1. The number of aliphatic hydroxyl groups is 1. The molecule has 0 aliphatic carbocycles. The van der Waals surface area contributed by atoms with Gasteiger partial charge < -0.3 is 19.5 Å². The molecular formula is C27H31N7O3. The Hall–Kier alpha value is -3.76. The number of piperidine rings is 1. The normalized spacial score (nSPS) is 19.6. The predicted molar refractivity (Wildman–Crippen MR) is 139 cm³/mol. The van der Waals surface area contributed by atoms with Crippen molar-refractivity contribution < 1.29 is 14.6 Å². The third-order valence-electron chi connectivity index (χ3n) is 7.04. The Kier molecular flexibility index (Phi) is 5.92. The molecule has 2 bridgehead atoms. The van der Waals surface area contributed by atoms with Crippen LogP contribution in [-0.2, 0) is 6.54 Å². The van der Waals surface area contributed by atoms with Gasteiger partial charge in [-0.25, -0.2) is 19.5 Å². The average molecular weight is 502 g/mol. The molecule has 3 aliphatic heterocycles. The van der Waals surface area contributed by atoms with Crippen LogP contribution in [0.3, 0.4) is 0 Å². The van der Waals surface area contributed by atoms with Crippen LogP contribution in [0.2, 0.25) is 0 Å². The third-order valence-corrected chi connectivity index (χ3v) is 7.04. The predicted octanol–water partition coefficient (Wildman–Crippen LogP) is 2.81. The molecule has 7 rings (SSSR count). The van der Waals surface area contributed by atoms with Gasteiger partial charge in [-0.15, -0.1) is 0 Å². The van der Waals surface area contributed by atoms with Crippen molar-refractivity contribution in [3.8, 4) is 22.8 Å². The minimum absolute atomic E-state index is 0.174. The molecule has 0 amide bonds. The number of fused-ring (bicyclic) bond motifs is 3. The summed E-state index contributed by atoms with van der Waals surface area (Å²) >= 11 is 0. The Bertz CT molecular complexity index is 1370. The monoisotopic (exact) mass is 501 g/mol. The zero-order chi connectivity index (χ0) is 25.6. The topological polar surface area (TPSA) is 101 Å². The molecule has 0 aromatic carbocycles. The lowest BCUT2D eigenvalue weighted by atomic mass is 9.87. The van der Waals surface area contributed by atoms with Gasteiger partial charge in [-0.3, -0.25) is 4.90 Å². The highest BCUT2D eigenvalue weighted by molar-refractivity contribution is 5.78. The molecule has 3 saturated heterocycles. The summed E-state index contributed by atoms with van der Waals surface area (Å²) in [6.45, 7) is 6.43. The van der Waals surface area contributed by atoms with E-state index >= 15 is 0 Å². The van der Waals surface area contributed by atoms with E-state index in [0.29, 0.717) is 23.7 Å². The number of nitrogens with zero attached hydrogens (tertiary/aromatic N) is 7. The van der Waals surface area contributed by atoms with Crippen LogP contribution in [0.1, 0.15) is 25.8 Å². The zero-order valence-corrected chi connectivity index (χ0v) is 21.3. The highest BCUT2D eigenvalue weighted by Gasteiger charge is 2.44. The van der Waals surface area contributed by atoms with Gasteiger partial charge in [0.05, 0.1) is 18.9 Å². The number of methoxy groups -OCH3 is 1. The average Bonchev–Trinajstić information content (AvgIpc) is 3.39. The summed E-state index contributed by atoms with van der Waals surface area (Å²) in [5.74, 6) is 2.24. The van der Waals surface area contributed by atoms with E-state index in [1.54, 1.807) is 31.7 Å². The molecule has 2 atom stereocenters. The van der Waals surface area contributed by atoms with Crippen LogP contribution in [0.4, 0.5) is 5.82 Å². The van der Waals surface area contributed by atoms with Crippen LogP contribution >= 0.6 is 0 Å². The smallest absolute Gasteiger partial charge is 0.212 e. The molecule has 0 saturated carbocycles. The second-order valence-electron chi connectivity index (χ2n) is 10.5. The quantitative estimate of drug-likeness (QED) is 0.391. The SMILES string of the molecule is COc1ccc(CN2C3CC2CN(c2ccc(-c4cc(OCC(C)(C)O)cn5ncnc45)cn2)C3)cn1. The van der Waals surface area contributed by atoms with E-state index in [2.05, 4.69) is 43.1 Å². The molecule has 3 aliphatic rings. The first-order chi connectivity index (χ1) is 17.9. The first-order valence-corrected chi connectivity index (χ1v) is 12.5. The van der Waals surface area contributed by atoms with Crippen molar-refractivity contribution in [1.29, 1.82) is 0 Å². The Morgan fingerprint density at radius 1 is 1.05 bits per heavy atom. The van der Waals surface area contributed by atoms with Crippen LogP contribution < -0.4 is 14.4 Å². The fourth-order valence-electron chi connectivity index (χ4n) is 5.15. The Morgan fingerprint density at radius 3 is 2.57 bits per heavy atom. The standard InChI is InChI=1S/C27H31N7O3/c1-27(2,35)16-37-22-9-23(26-30-17-31-34(26)15-22)19-5-6-24(28-11-19)32-13-20-8-21(14-32)33(20)12-18-4-7-25(36-3)29-10-18/h4-7,9-11,15,17,20-21,35H,8,12-14,16H2,1-3H3. The number of piperazine rings is 1. The molecular weight excluding hydrogens is 470 g/mol. The van der Waals surface area contributed by atoms with Gasteiger partial charge in [0.1, 0.15) is 24.5 Å². The van der Waals surface area contributed by atoms with Gasteiger partial charge in [-0.1, -0.05) is 6.07 Å². The fourth-order valence-corrected chi connectivity index (χ4v) is 5.15. The van der Waals surface area contributed by atoms with Crippen molar-refractivity contribution in [2.75, 3.05) is 31.7 Å². The van der Waals surface area contributed by atoms with Gasteiger partial charge in [0.15, 0.2) is 5.65 Å². The maximum absolute atomic E-state index is 10.0. The molecule has 1 N–H and O–H groups in total. The minimum atomic E-state index is -0.934. The van der Waals surface area contributed by atoms with Gasteiger partial charge >= 0.3 is 0 Å². The minimum Gasteiger partial charge on any atom is -0.489 e. The van der Waals surface area contributed by atoms with Crippen molar-refractivity contribution in [2.24, 2.45) is 0 Å². The second-order valence-corrected chi connectivity index (χ2v) is 10.5. The summed E-state index contributed by atoms with van der Waals surface area (Å²) in [5.41, 5.74) is 2.82. The number of ether oxygens (including phenoxy) is 2. The van der Waals surface area contributed by atoms with Crippen LogP contribution in [0.25, 0.3) is 16.8 Å². The van der Waals surface area contributed by atoms with E-state index in [-0.39, 0.29) is 6.61 Å². The highest BCUT2D eigenvalue weighted by atomic mass is 16.5. The van der Waals surface area contributed by atoms with E-state index < -0.39 is 5.60 Å².